The second-order valence-corrected chi connectivity index (χ2v) is 5.47. The summed E-state index contributed by atoms with van der Waals surface area (Å²) in [5.74, 6) is -1.74. The van der Waals surface area contributed by atoms with Gasteiger partial charge in [-0.3, -0.25) is 4.79 Å². The van der Waals surface area contributed by atoms with Crippen LogP contribution in [0.5, 0.6) is 5.75 Å². The molecular weight excluding hydrogens is 324 g/mol. The molecule has 0 saturated carbocycles. The zero-order valence-electron chi connectivity index (χ0n) is 13.2. The maximum absolute atomic E-state index is 14.0. The Morgan fingerprint density at radius 1 is 0.920 bits per heavy atom. The normalized spacial score (nSPS) is 10.5. The molecule has 0 bridgehead atoms. The molecule has 25 heavy (non-hydrogen) atoms. The van der Waals surface area contributed by atoms with Crippen LogP contribution in [-0.4, -0.2) is 5.91 Å². The van der Waals surface area contributed by atoms with Crippen molar-refractivity contribution >= 4 is 5.91 Å². The topological polar surface area (TPSA) is 52.3 Å². The van der Waals surface area contributed by atoms with E-state index in [1.54, 1.807) is 6.07 Å². The fourth-order valence-corrected chi connectivity index (χ4v) is 2.50. The number of benzene rings is 3. The van der Waals surface area contributed by atoms with Gasteiger partial charge in [0.05, 0.1) is 5.56 Å². The smallest absolute Gasteiger partial charge is 0.249 e. The number of carbonyl (C=O) groups excluding carboxylic acids is 1. The van der Waals surface area contributed by atoms with Gasteiger partial charge in [-0.2, -0.15) is 0 Å². The van der Waals surface area contributed by atoms with E-state index in [1.807, 2.05) is 30.3 Å². The first-order valence-electron chi connectivity index (χ1n) is 7.60. The summed E-state index contributed by atoms with van der Waals surface area (Å²) < 4.78 is 32.8. The number of rotatable bonds is 5. The molecule has 126 valence electrons. The SMILES string of the molecule is NC(=O)c1cc(OCc2ccccc2)ccc1-c1ccc(F)cc1F. The number of primary amides is 1. The maximum Gasteiger partial charge on any atom is 0.249 e. The first kappa shape index (κ1) is 16.6. The number of carbonyl (C=O) groups is 1. The first-order chi connectivity index (χ1) is 12.0. The van der Waals surface area contributed by atoms with Crippen molar-refractivity contribution in [1.29, 1.82) is 0 Å². The molecule has 0 fully saturated rings. The second kappa shape index (κ2) is 7.13. The van der Waals surface area contributed by atoms with Crippen LogP contribution in [-0.2, 0) is 6.61 Å². The van der Waals surface area contributed by atoms with E-state index in [-0.39, 0.29) is 16.7 Å². The van der Waals surface area contributed by atoms with Gasteiger partial charge in [-0.1, -0.05) is 30.3 Å². The molecule has 0 aliphatic carbocycles. The van der Waals surface area contributed by atoms with Crippen LogP contribution in [0.3, 0.4) is 0 Å². The Bertz CT molecular complexity index is 911. The lowest BCUT2D eigenvalue weighted by atomic mass is 9.98. The average Bonchev–Trinajstić information content (AvgIpc) is 2.61. The van der Waals surface area contributed by atoms with Crippen molar-refractivity contribution in [1.82, 2.24) is 0 Å². The molecule has 0 saturated heterocycles. The highest BCUT2D eigenvalue weighted by molar-refractivity contribution is 6.00. The number of ether oxygens (including phenoxy) is 1. The monoisotopic (exact) mass is 339 g/mol. The quantitative estimate of drug-likeness (QED) is 0.753. The lowest BCUT2D eigenvalue weighted by Crippen LogP contribution is -2.13. The minimum absolute atomic E-state index is 0.102. The van der Waals surface area contributed by atoms with Gasteiger partial charge in [0.1, 0.15) is 24.0 Å². The van der Waals surface area contributed by atoms with Gasteiger partial charge < -0.3 is 10.5 Å². The van der Waals surface area contributed by atoms with Crippen molar-refractivity contribution in [3.05, 3.63) is 89.5 Å². The van der Waals surface area contributed by atoms with Crippen molar-refractivity contribution in [3.8, 4) is 16.9 Å². The van der Waals surface area contributed by atoms with Crippen molar-refractivity contribution < 1.29 is 18.3 Å². The van der Waals surface area contributed by atoms with E-state index in [1.165, 1.54) is 18.2 Å². The van der Waals surface area contributed by atoms with Crippen LogP contribution in [0.15, 0.2) is 66.7 Å². The second-order valence-electron chi connectivity index (χ2n) is 5.47. The molecule has 3 aromatic rings. The summed E-state index contributed by atoms with van der Waals surface area (Å²) in [6, 6.07) is 17.3. The Balaban J connectivity index is 1.92. The van der Waals surface area contributed by atoms with Crippen molar-refractivity contribution in [2.75, 3.05) is 0 Å². The molecule has 0 spiro atoms. The molecular formula is C20H15F2NO2. The van der Waals surface area contributed by atoms with Crippen molar-refractivity contribution in [3.63, 3.8) is 0 Å². The maximum atomic E-state index is 14.0. The number of halogens is 2. The summed E-state index contributed by atoms with van der Waals surface area (Å²) in [5.41, 5.74) is 6.88. The Labute approximate surface area is 143 Å². The fourth-order valence-electron chi connectivity index (χ4n) is 2.50. The van der Waals surface area contributed by atoms with Gasteiger partial charge in [-0.15, -0.1) is 0 Å². The van der Waals surface area contributed by atoms with Crippen LogP contribution in [0.2, 0.25) is 0 Å². The summed E-state index contributed by atoms with van der Waals surface area (Å²) in [5, 5.41) is 0. The van der Waals surface area contributed by atoms with Gasteiger partial charge in [-0.25, -0.2) is 8.78 Å². The number of amides is 1. The molecule has 0 radical (unpaired) electrons. The third-order valence-corrected chi connectivity index (χ3v) is 3.73. The number of hydrogen-bond donors (Lipinski definition) is 1. The van der Waals surface area contributed by atoms with Crippen LogP contribution in [0.4, 0.5) is 8.78 Å². The van der Waals surface area contributed by atoms with Crippen LogP contribution in [0, 0.1) is 11.6 Å². The zero-order chi connectivity index (χ0) is 17.8. The van der Waals surface area contributed by atoms with Gasteiger partial charge in [0.25, 0.3) is 0 Å². The van der Waals surface area contributed by atoms with Crippen molar-refractivity contribution in [2.24, 2.45) is 5.73 Å². The van der Waals surface area contributed by atoms with E-state index in [4.69, 9.17) is 10.5 Å². The third-order valence-electron chi connectivity index (χ3n) is 3.73. The molecule has 2 N–H and O–H groups in total. The highest BCUT2D eigenvalue weighted by Gasteiger charge is 2.15. The van der Waals surface area contributed by atoms with Gasteiger partial charge in [-0.05, 0) is 41.5 Å². The van der Waals surface area contributed by atoms with E-state index < -0.39 is 17.5 Å². The Morgan fingerprint density at radius 2 is 1.64 bits per heavy atom. The van der Waals surface area contributed by atoms with Gasteiger partial charge in [0.15, 0.2) is 0 Å². The van der Waals surface area contributed by atoms with Gasteiger partial charge >= 0.3 is 0 Å². The van der Waals surface area contributed by atoms with E-state index >= 15 is 0 Å². The Morgan fingerprint density at radius 3 is 2.32 bits per heavy atom. The predicted molar refractivity (Wildman–Crippen MR) is 91.1 cm³/mol. The Hall–Kier alpha value is -3.21. The lowest BCUT2D eigenvalue weighted by molar-refractivity contribution is 0.100. The summed E-state index contributed by atoms with van der Waals surface area (Å²) in [6.07, 6.45) is 0. The summed E-state index contributed by atoms with van der Waals surface area (Å²) in [6.45, 7) is 0.323. The molecule has 0 aliphatic rings. The molecule has 3 aromatic carbocycles. The van der Waals surface area contributed by atoms with Crippen LogP contribution < -0.4 is 10.5 Å². The first-order valence-corrected chi connectivity index (χ1v) is 7.60. The lowest BCUT2D eigenvalue weighted by Gasteiger charge is -2.12. The Kier molecular flexibility index (Phi) is 4.75. The van der Waals surface area contributed by atoms with E-state index in [0.29, 0.717) is 12.4 Å². The number of hydrogen-bond acceptors (Lipinski definition) is 2. The predicted octanol–water partition coefficient (Wildman–Crippen LogP) is 4.31. The highest BCUT2D eigenvalue weighted by Crippen LogP contribution is 2.30. The molecule has 1 amide bonds. The average molecular weight is 339 g/mol. The number of nitrogens with two attached hydrogens (primary N) is 1. The molecule has 0 atom stereocenters. The van der Waals surface area contributed by atoms with Crippen LogP contribution >= 0.6 is 0 Å². The third kappa shape index (κ3) is 3.83. The minimum Gasteiger partial charge on any atom is -0.489 e. The van der Waals surface area contributed by atoms with Crippen molar-refractivity contribution in [2.45, 2.75) is 6.61 Å². The van der Waals surface area contributed by atoms with E-state index in [2.05, 4.69) is 0 Å². The largest absolute Gasteiger partial charge is 0.489 e. The standard InChI is InChI=1S/C20H15F2NO2/c21-14-6-8-17(19(22)10-14)16-9-7-15(11-18(16)20(23)24)25-12-13-4-2-1-3-5-13/h1-11H,12H2,(H2,23,24). The molecule has 0 aliphatic heterocycles. The molecule has 0 aromatic heterocycles. The van der Waals surface area contributed by atoms with Crippen LogP contribution in [0.1, 0.15) is 15.9 Å². The zero-order valence-corrected chi connectivity index (χ0v) is 13.2. The summed E-state index contributed by atoms with van der Waals surface area (Å²) in [4.78, 5) is 11.8. The molecule has 5 heteroatoms. The van der Waals surface area contributed by atoms with Gasteiger partial charge in [0, 0.05) is 11.6 Å². The highest BCUT2D eigenvalue weighted by atomic mass is 19.1. The van der Waals surface area contributed by atoms with E-state index in [0.717, 1.165) is 17.7 Å². The van der Waals surface area contributed by atoms with E-state index in [9.17, 15) is 13.6 Å². The van der Waals surface area contributed by atoms with Crippen LogP contribution in [0.25, 0.3) is 11.1 Å². The fraction of sp³-hybridized carbons (Fsp3) is 0.0500. The molecule has 0 heterocycles. The molecule has 0 unspecified atom stereocenters. The minimum atomic E-state index is -0.763. The summed E-state index contributed by atoms with van der Waals surface area (Å²) in [7, 11) is 0. The summed E-state index contributed by atoms with van der Waals surface area (Å²) >= 11 is 0. The molecule has 3 nitrogen and oxygen atoms in total. The molecule has 3 rings (SSSR count). The van der Waals surface area contributed by atoms with Gasteiger partial charge in [0.2, 0.25) is 5.91 Å².